The third-order valence-electron chi connectivity index (χ3n) is 4.80. The summed E-state index contributed by atoms with van der Waals surface area (Å²) >= 11 is 0. The van der Waals surface area contributed by atoms with Gasteiger partial charge in [-0.25, -0.2) is 4.79 Å². The maximum Gasteiger partial charge on any atom is 0.329 e. The number of nitrogens with one attached hydrogen (secondary N) is 1. The molecule has 8 heteroatoms. The van der Waals surface area contributed by atoms with Crippen molar-refractivity contribution in [3.63, 3.8) is 0 Å². The molecule has 0 bridgehead atoms. The van der Waals surface area contributed by atoms with E-state index in [-0.39, 0.29) is 23.5 Å². The molecule has 0 saturated heterocycles. The molecule has 0 fully saturated rings. The van der Waals surface area contributed by atoms with Crippen molar-refractivity contribution in [2.45, 2.75) is 39.3 Å². The Morgan fingerprint density at radius 3 is 2.20 bits per heavy atom. The van der Waals surface area contributed by atoms with Crippen LogP contribution in [-0.2, 0) is 14.3 Å². The fourth-order valence-corrected chi connectivity index (χ4v) is 3.37. The second-order valence-electron chi connectivity index (χ2n) is 7.58. The zero-order chi connectivity index (χ0) is 21.8. The van der Waals surface area contributed by atoms with Crippen molar-refractivity contribution in [2.24, 2.45) is 5.92 Å². The Kier molecular flexibility index (Phi) is 6.34. The Bertz CT molecular complexity index is 915. The van der Waals surface area contributed by atoms with Crippen LogP contribution in [0.25, 0.3) is 0 Å². The minimum atomic E-state index is -1.10. The number of benzene rings is 1. The SMILES string of the molecule is CC(C)C[C@H](C(=O)OCC(=O)N[C@@H](C)c1ccco1)N1C(=O)c2ccccc2C1=O. The lowest BCUT2D eigenvalue weighted by Gasteiger charge is -2.26. The zero-order valence-electron chi connectivity index (χ0n) is 17.1. The fraction of sp³-hybridized carbons (Fsp3) is 0.364. The minimum absolute atomic E-state index is 0.0136. The highest BCUT2D eigenvalue weighted by Gasteiger charge is 2.43. The van der Waals surface area contributed by atoms with Crippen LogP contribution in [0.4, 0.5) is 0 Å². The van der Waals surface area contributed by atoms with Gasteiger partial charge in [-0.2, -0.15) is 0 Å². The topological polar surface area (TPSA) is 106 Å². The van der Waals surface area contributed by atoms with Crippen LogP contribution in [0, 0.1) is 5.92 Å². The van der Waals surface area contributed by atoms with Crippen LogP contribution in [0.1, 0.15) is 59.7 Å². The Labute approximate surface area is 174 Å². The molecule has 0 spiro atoms. The van der Waals surface area contributed by atoms with Crippen molar-refractivity contribution in [3.05, 3.63) is 59.5 Å². The first-order chi connectivity index (χ1) is 14.3. The number of amides is 3. The largest absolute Gasteiger partial charge is 0.467 e. The molecule has 1 aliphatic heterocycles. The summed E-state index contributed by atoms with van der Waals surface area (Å²) in [6.45, 7) is 4.95. The molecular weight excluding hydrogens is 388 g/mol. The van der Waals surface area contributed by atoms with Gasteiger partial charge in [-0.1, -0.05) is 26.0 Å². The van der Waals surface area contributed by atoms with Gasteiger partial charge in [-0.05, 0) is 43.5 Å². The maximum absolute atomic E-state index is 12.8. The molecule has 0 saturated carbocycles. The van der Waals surface area contributed by atoms with Crippen molar-refractivity contribution in [2.75, 3.05) is 6.61 Å². The van der Waals surface area contributed by atoms with Crippen molar-refractivity contribution >= 4 is 23.7 Å². The van der Waals surface area contributed by atoms with Crippen LogP contribution in [0.3, 0.4) is 0 Å². The van der Waals surface area contributed by atoms with Gasteiger partial charge in [0.2, 0.25) is 0 Å². The summed E-state index contributed by atoms with van der Waals surface area (Å²) in [6, 6.07) is 8.35. The zero-order valence-corrected chi connectivity index (χ0v) is 17.1. The van der Waals surface area contributed by atoms with Crippen molar-refractivity contribution < 1.29 is 28.3 Å². The number of imide groups is 1. The van der Waals surface area contributed by atoms with Crippen molar-refractivity contribution in [1.82, 2.24) is 10.2 Å². The molecule has 8 nitrogen and oxygen atoms in total. The first-order valence-corrected chi connectivity index (χ1v) is 9.76. The quantitative estimate of drug-likeness (QED) is 0.528. The predicted octanol–water partition coefficient (Wildman–Crippen LogP) is 2.71. The molecule has 2 heterocycles. The van der Waals surface area contributed by atoms with E-state index in [0.717, 1.165) is 4.90 Å². The number of fused-ring (bicyclic) bond motifs is 1. The lowest BCUT2D eigenvalue weighted by molar-refractivity contribution is -0.153. The summed E-state index contributed by atoms with van der Waals surface area (Å²) in [4.78, 5) is 51.4. The summed E-state index contributed by atoms with van der Waals surface area (Å²) in [5.41, 5.74) is 0.517. The van der Waals surface area contributed by atoms with E-state index in [2.05, 4.69) is 5.32 Å². The molecule has 0 aliphatic carbocycles. The highest BCUT2D eigenvalue weighted by atomic mass is 16.5. The molecule has 2 aromatic rings. The molecule has 1 N–H and O–H groups in total. The predicted molar refractivity (Wildman–Crippen MR) is 106 cm³/mol. The number of rotatable bonds is 8. The second-order valence-corrected chi connectivity index (χ2v) is 7.58. The molecule has 3 rings (SSSR count). The van der Waals surface area contributed by atoms with Crippen LogP contribution in [0.2, 0.25) is 0 Å². The van der Waals surface area contributed by atoms with E-state index in [1.165, 1.54) is 6.26 Å². The molecular formula is C22H24N2O6. The summed E-state index contributed by atoms with van der Waals surface area (Å²) in [6.07, 6.45) is 1.73. The van der Waals surface area contributed by atoms with Gasteiger partial charge in [0.05, 0.1) is 23.4 Å². The first kappa shape index (κ1) is 21.3. The molecule has 3 amide bonds. The fourth-order valence-electron chi connectivity index (χ4n) is 3.37. The Morgan fingerprint density at radius 2 is 1.67 bits per heavy atom. The average molecular weight is 412 g/mol. The Balaban J connectivity index is 1.67. The van der Waals surface area contributed by atoms with Crippen LogP contribution < -0.4 is 5.32 Å². The highest BCUT2D eigenvalue weighted by Crippen LogP contribution is 2.27. The first-order valence-electron chi connectivity index (χ1n) is 9.76. The van der Waals surface area contributed by atoms with E-state index >= 15 is 0 Å². The summed E-state index contributed by atoms with van der Waals surface area (Å²) in [5.74, 6) is -1.79. The summed E-state index contributed by atoms with van der Waals surface area (Å²) in [5, 5.41) is 2.66. The Hall–Kier alpha value is -3.42. The number of nitrogens with zero attached hydrogens (tertiary/aromatic N) is 1. The van der Waals surface area contributed by atoms with Crippen molar-refractivity contribution in [1.29, 1.82) is 0 Å². The summed E-state index contributed by atoms with van der Waals surface area (Å²) in [7, 11) is 0. The molecule has 1 aromatic heterocycles. The molecule has 0 radical (unpaired) electrons. The van der Waals surface area contributed by atoms with E-state index < -0.39 is 42.4 Å². The smallest absolute Gasteiger partial charge is 0.329 e. The van der Waals surface area contributed by atoms with Gasteiger partial charge < -0.3 is 14.5 Å². The number of furan rings is 1. The molecule has 30 heavy (non-hydrogen) atoms. The van der Waals surface area contributed by atoms with Gasteiger partial charge in [0, 0.05) is 0 Å². The lowest BCUT2D eigenvalue weighted by Crippen LogP contribution is -2.47. The van der Waals surface area contributed by atoms with E-state index in [4.69, 9.17) is 9.15 Å². The summed E-state index contributed by atoms with van der Waals surface area (Å²) < 4.78 is 10.4. The normalized spacial score (nSPS) is 15.1. The van der Waals surface area contributed by atoms with Gasteiger partial charge in [0.15, 0.2) is 6.61 Å². The number of esters is 1. The van der Waals surface area contributed by atoms with Gasteiger partial charge in [-0.3, -0.25) is 19.3 Å². The second kappa shape index (κ2) is 8.94. The van der Waals surface area contributed by atoms with E-state index in [1.54, 1.807) is 43.3 Å². The molecule has 1 aliphatic rings. The number of hydrogen-bond acceptors (Lipinski definition) is 6. The molecule has 0 unspecified atom stereocenters. The number of ether oxygens (including phenoxy) is 1. The Morgan fingerprint density at radius 1 is 1.03 bits per heavy atom. The number of hydrogen-bond donors (Lipinski definition) is 1. The monoisotopic (exact) mass is 412 g/mol. The third kappa shape index (κ3) is 4.42. The van der Waals surface area contributed by atoms with Crippen LogP contribution in [0.5, 0.6) is 0 Å². The number of carbonyl (C=O) groups excluding carboxylic acids is 4. The number of carbonyl (C=O) groups is 4. The molecule has 1 aromatic carbocycles. The van der Waals surface area contributed by atoms with Gasteiger partial charge in [0.25, 0.3) is 17.7 Å². The van der Waals surface area contributed by atoms with Gasteiger partial charge in [0.1, 0.15) is 11.8 Å². The van der Waals surface area contributed by atoms with Crippen LogP contribution in [-0.4, -0.2) is 41.2 Å². The maximum atomic E-state index is 12.8. The highest BCUT2D eigenvalue weighted by molar-refractivity contribution is 6.22. The standard InChI is InChI=1S/C22H24N2O6/c1-13(2)11-17(24-20(26)15-7-4-5-8-16(15)21(24)27)22(28)30-12-19(25)23-14(3)18-9-6-10-29-18/h4-10,13-14,17H,11-12H2,1-3H3,(H,23,25)/t14-,17+/m0/s1. The van der Waals surface area contributed by atoms with Gasteiger partial charge >= 0.3 is 5.97 Å². The lowest BCUT2D eigenvalue weighted by atomic mass is 10.0. The van der Waals surface area contributed by atoms with E-state index in [9.17, 15) is 19.2 Å². The van der Waals surface area contributed by atoms with Crippen LogP contribution in [0.15, 0.2) is 47.1 Å². The average Bonchev–Trinajstić information content (AvgIpc) is 3.33. The van der Waals surface area contributed by atoms with Crippen LogP contribution >= 0.6 is 0 Å². The van der Waals surface area contributed by atoms with E-state index in [1.807, 2.05) is 13.8 Å². The molecule has 158 valence electrons. The third-order valence-corrected chi connectivity index (χ3v) is 4.80. The van der Waals surface area contributed by atoms with E-state index in [0.29, 0.717) is 5.76 Å². The van der Waals surface area contributed by atoms with Crippen molar-refractivity contribution in [3.8, 4) is 0 Å². The van der Waals surface area contributed by atoms with Gasteiger partial charge in [-0.15, -0.1) is 0 Å². The molecule has 2 atom stereocenters. The minimum Gasteiger partial charge on any atom is -0.467 e.